The van der Waals surface area contributed by atoms with Crippen molar-refractivity contribution in [3.8, 4) is 11.5 Å². The van der Waals surface area contributed by atoms with Gasteiger partial charge in [-0.3, -0.25) is 0 Å². The summed E-state index contributed by atoms with van der Waals surface area (Å²) in [7, 11) is -4.42. The number of aliphatic imine (C=N–C) groups is 1. The van der Waals surface area contributed by atoms with Gasteiger partial charge in [0.25, 0.3) is 5.69 Å². The minimum absolute atomic E-state index is 0. The molecular weight excluding hydrogens is 1080 g/mol. The number of rotatable bonds is 12. The van der Waals surface area contributed by atoms with Gasteiger partial charge in [-0.05, 0) is 70.6 Å². The molecule has 0 spiro atoms. The number of hydrogen-bond acceptors (Lipinski definition) is 3. The smallest absolute Gasteiger partial charge is 0.868 e. The van der Waals surface area contributed by atoms with Gasteiger partial charge in [-0.15, -0.1) is 0 Å². The molecule has 4 aromatic carbocycles. The molecule has 0 aliphatic rings. The fourth-order valence-electron chi connectivity index (χ4n) is 8.21. The number of para-hydroxylation sites is 4. The van der Waals surface area contributed by atoms with E-state index in [1.165, 1.54) is 22.3 Å². The maximum atomic E-state index is 12.0. The van der Waals surface area contributed by atoms with Crippen LogP contribution in [0.5, 0.6) is 11.5 Å². The van der Waals surface area contributed by atoms with E-state index in [0.717, 1.165) is 33.5 Å². The molecule has 0 atom stereocenters. The summed E-state index contributed by atoms with van der Waals surface area (Å²) in [6, 6.07) is 31.3. The zero-order valence-corrected chi connectivity index (χ0v) is 52.5. The first kappa shape index (κ1) is 65.3. The molecule has 14 heteroatoms. The van der Waals surface area contributed by atoms with Crippen molar-refractivity contribution >= 4 is 78.6 Å². The average molecular weight is 1160 g/mol. The number of nitrogens with one attached hydrogen (secondary N) is 3. The van der Waals surface area contributed by atoms with Crippen LogP contribution in [0.15, 0.2) is 102 Å². The molecule has 6 aromatic rings. The van der Waals surface area contributed by atoms with Crippen LogP contribution in [0, 0.1) is 37.3 Å². The molecule has 0 saturated heterocycles. The van der Waals surface area contributed by atoms with Crippen molar-refractivity contribution < 1.29 is 81.3 Å². The van der Waals surface area contributed by atoms with Gasteiger partial charge in [-0.1, -0.05) is 228 Å². The van der Waals surface area contributed by atoms with Gasteiger partial charge in [0, 0.05) is 34.0 Å². The van der Waals surface area contributed by atoms with Crippen molar-refractivity contribution in [1.29, 1.82) is 0 Å². The number of benzene rings is 4. The third-order valence-corrected chi connectivity index (χ3v) is 21.0. The number of aromatic nitrogens is 2. The van der Waals surface area contributed by atoms with Crippen molar-refractivity contribution in [2.75, 3.05) is 0 Å². The molecule has 377 valence electrons. The van der Waals surface area contributed by atoms with Crippen LogP contribution in [0.2, 0.25) is 78.6 Å². The van der Waals surface area contributed by atoms with E-state index >= 15 is 0 Å². The maximum Gasteiger partial charge on any atom is 3.00 e. The van der Waals surface area contributed by atoms with E-state index in [1.807, 2.05) is 48.8 Å². The van der Waals surface area contributed by atoms with Crippen LogP contribution in [-0.2, 0) is 0 Å². The molecule has 2 heterocycles. The average Bonchev–Trinajstić information content (AvgIpc) is 3.20. The van der Waals surface area contributed by atoms with Crippen LogP contribution in [-0.4, -0.2) is 45.4 Å². The molecule has 70 heavy (non-hydrogen) atoms. The largest absolute Gasteiger partial charge is 3.00 e. The topological polar surface area (TPSA) is 129 Å². The Morgan fingerprint density at radius 1 is 0.471 bits per heavy atom. The van der Waals surface area contributed by atoms with Crippen LogP contribution in [0.25, 0.3) is 31.1 Å². The van der Waals surface area contributed by atoms with Crippen molar-refractivity contribution in [1.82, 2.24) is 0 Å². The number of pyridine rings is 2. The summed E-state index contributed by atoms with van der Waals surface area (Å²) in [5, 5.41) is 25.9. The summed E-state index contributed by atoms with van der Waals surface area (Å²) in [5.41, 5.74) is 10.2. The molecule has 3 N–H and O–H groups in total. The first-order chi connectivity index (χ1) is 31.4. The van der Waals surface area contributed by atoms with Gasteiger partial charge < -0.3 is 19.5 Å². The molecule has 0 aliphatic carbocycles. The van der Waals surface area contributed by atoms with Gasteiger partial charge in [0.1, 0.15) is 0 Å². The van der Waals surface area contributed by atoms with Gasteiger partial charge in [0.15, 0.2) is 0 Å². The number of aromatic amines is 2. The Bertz CT molecular complexity index is 2370. The van der Waals surface area contributed by atoms with Crippen LogP contribution in [0.3, 0.4) is 0 Å². The van der Waals surface area contributed by atoms with Gasteiger partial charge >= 0.3 is 56.2 Å². The first-order valence-corrected chi connectivity index (χ1v) is 38.3. The zero-order chi connectivity index (χ0) is 51.4. The van der Waals surface area contributed by atoms with Crippen LogP contribution in [0.4, 0.5) is 11.4 Å². The summed E-state index contributed by atoms with van der Waals surface area (Å²) in [4.78, 5) is 14.7. The first-order valence-electron chi connectivity index (χ1n) is 24.5. The normalized spacial score (nSPS) is 12.1. The Labute approximate surface area is 469 Å². The fraction of sp³-hybridized carbons (Fsp3) is 0.429. The maximum absolute atomic E-state index is 12.0. The van der Waals surface area contributed by atoms with Crippen molar-refractivity contribution in [2.45, 2.75) is 158 Å². The molecular formula is C56H85ErLiN6O2Si4+3. The Hall–Kier alpha value is -2.73. The second kappa shape index (κ2) is 28.7. The predicted molar refractivity (Wildman–Crippen MR) is 302 cm³/mol. The fourth-order valence-corrected chi connectivity index (χ4v) is 24.3. The summed E-state index contributed by atoms with van der Waals surface area (Å²) in [5.74, 6) is 1.68. The SMILES string of the molecule is CC(C)c1cccc(C(C)C)c1N=Cc1ccc2cccc([O-])c2[nH+]1.CC(C)c1cccc(C(C)C)c1[NH+]=Cc1ccc2cccc([O-])c2[nH+]1.C[Si](C)(C)[N-][Si](C)(C)C.C[Si](C)(C)[N-][Si](C)(C)C.[Er+3].[Li+]. The Balaban J connectivity index is 0.000000512. The Morgan fingerprint density at radius 3 is 1.14 bits per heavy atom. The van der Waals surface area contributed by atoms with Crippen LogP contribution in [0.1, 0.15) is 113 Å². The van der Waals surface area contributed by atoms with Gasteiger partial charge in [0.05, 0.1) is 11.9 Å². The molecule has 8 nitrogen and oxygen atoms in total. The molecule has 6 rings (SSSR count). The van der Waals surface area contributed by atoms with Crippen LogP contribution < -0.4 is 44.0 Å². The molecule has 0 amide bonds. The molecule has 0 fully saturated rings. The number of hydrogen-bond donors (Lipinski definition) is 1. The second-order valence-electron chi connectivity index (χ2n) is 22.9. The summed E-state index contributed by atoms with van der Waals surface area (Å²) in [6.45, 7) is 45.1. The van der Waals surface area contributed by atoms with Crippen molar-refractivity contribution in [3.63, 3.8) is 0 Å². The van der Waals surface area contributed by atoms with E-state index in [1.54, 1.807) is 24.3 Å². The van der Waals surface area contributed by atoms with E-state index in [9.17, 15) is 10.2 Å². The van der Waals surface area contributed by atoms with Gasteiger partial charge in [0.2, 0.25) is 28.6 Å². The molecule has 2 aromatic heterocycles. The molecule has 0 unspecified atom stereocenters. The van der Waals surface area contributed by atoms with E-state index in [-0.39, 0.29) is 67.7 Å². The van der Waals surface area contributed by atoms with Crippen molar-refractivity contribution in [3.05, 3.63) is 140 Å². The quantitative estimate of drug-likeness (QED) is 0.0967. The summed E-state index contributed by atoms with van der Waals surface area (Å²) >= 11 is 0. The standard InChI is InChI=1S/2C22H24N2O.2C6H18NSi2.Er.Li/c2*1-14(2)18-8-6-9-19(15(3)4)22(18)23-13-17-12-11-16-7-5-10-20(25)21(16)24-17;2*1-8(2,3)7-9(4,5)6;;/h2*5-15,25H,1-4H3;2*1-6H3;;/q;;2*-1;+3;+1/p+1. The zero-order valence-electron chi connectivity index (χ0n) is 46.6. The third kappa shape index (κ3) is 22.6. The van der Waals surface area contributed by atoms with E-state index in [4.69, 9.17) is 14.3 Å². The monoisotopic (exact) mass is 1160 g/mol. The second-order valence-corrected chi connectivity index (χ2v) is 42.1. The van der Waals surface area contributed by atoms with Crippen LogP contribution >= 0.6 is 0 Å². The van der Waals surface area contributed by atoms with E-state index in [2.05, 4.69) is 185 Å². The summed E-state index contributed by atoms with van der Waals surface area (Å²) < 4.78 is 9.64. The number of fused-ring (bicyclic) bond motifs is 2. The van der Waals surface area contributed by atoms with E-state index < -0.39 is 32.9 Å². The minimum atomic E-state index is -1.11. The third-order valence-electron chi connectivity index (χ3n) is 10.3. The minimum Gasteiger partial charge on any atom is -0.868 e. The number of H-pyrrole nitrogens is 2. The molecule has 0 bridgehead atoms. The molecule has 0 saturated carbocycles. The molecule has 0 aliphatic heterocycles. The molecule has 1 radical (unpaired) electrons. The Kier molecular flexibility index (Phi) is 26.7. The van der Waals surface area contributed by atoms with E-state index in [0.29, 0.717) is 34.7 Å². The van der Waals surface area contributed by atoms with Gasteiger partial charge in [-0.2, -0.15) is 0 Å². The number of nitrogens with zero attached hydrogens (tertiary/aromatic N) is 3. The summed E-state index contributed by atoms with van der Waals surface area (Å²) in [6.07, 6.45) is 3.76. The van der Waals surface area contributed by atoms with Gasteiger partial charge in [-0.25, -0.2) is 20.0 Å². The predicted octanol–water partition coefficient (Wildman–Crippen LogP) is 10.6. The van der Waals surface area contributed by atoms with Crippen molar-refractivity contribution in [2.24, 2.45) is 4.99 Å². The Morgan fingerprint density at radius 2 is 0.800 bits per heavy atom.